The number of nitro groups is 1. The van der Waals surface area contributed by atoms with Crippen LogP contribution in [-0.2, 0) is 0 Å². The number of benzene rings is 1. The molecule has 0 aromatic heterocycles. The van der Waals surface area contributed by atoms with E-state index in [1.165, 1.54) is 12.1 Å². The first-order valence-corrected chi connectivity index (χ1v) is 5.97. The number of anilines is 1. The van der Waals surface area contributed by atoms with Crippen molar-refractivity contribution < 1.29 is 4.92 Å². The van der Waals surface area contributed by atoms with Gasteiger partial charge in [-0.2, -0.15) is 0 Å². The van der Waals surface area contributed by atoms with Crippen LogP contribution in [0.5, 0.6) is 0 Å². The summed E-state index contributed by atoms with van der Waals surface area (Å²) in [6, 6.07) is 4.46. The Hall–Kier alpha value is -1.29. The average molecular weight is 257 g/mol. The minimum Gasteiger partial charge on any atom is -0.384 e. The summed E-state index contributed by atoms with van der Waals surface area (Å²) < 4.78 is 0. The highest BCUT2D eigenvalue weighted by Gasteiger charge is 2.11. The number of non-ortho nitro benzene ring substituents is 1. The molecule has 17 heavy (non-hydrogen) atoms. The average Bonchev–Trinajstić information content (AvgIpc) is 2.26. The van der Waals surface area contributed by atoms with E-state index in [9.17, 15) is 10.1 Å². The third-order valence-electron chi connectivity index (χ3n) is 2.92. The Morgan fingerprint density at radius 1 is 1.41 bits per heavy atom. The summed E-state index contributed by atoms with van der Waals surface area (Å²) in [5, 5.41) is 14.1. The molecule has 0 fully saturated rings. The molecular formula is C12H17ClN2O2. The van der Waals surface area contributed by atoms with Gasteiger partial charge in [-0.15, -0.1) is 0 Å². The quantitative estimate of drug-likeness (QED) is 0.641. The van der Waals surface area contributed by atoms with Gasteiger partial charge in [0.25, 0.3) is 5.69 Å². The Bertz CT molecular complexity index is 407. The van der Waals surface area contributed by atoms with E-state index >= 15 is 0 Å². The summed E-state index contributed by atoms with van der Waals surface area (Å²) in [7, 11) is 0. The predicted molar refractivity (Wildman–Crippen MR) is 70.6 cm³/mol. The minimum absolute atomic E-state index is 0.0115. The molecule has 1 atom stereocenters. The Kier molecular flexibility index (Phi) is 4.75. The van der Waals surface area contributed by atoms with Crippen molar-refractivity contribution in [3.63, 3.8) is 0 Å². The summed E-state index contributed by atoms with van der Waals surface area (Å²) in [6.07, 6.45) is 0. The second-order valence-corrected chi connectivity index (χ2v) is 4.93. The van der Waals surface area contributed by atoms with Crippen LogP contribution >= 0.6 is 11.6 Å². The number of nitrogens with zero attached hydrogens (tertiary/aromatic N) is 1. The molecule has 0 radical (unpaired) electrons. The van der Waals surface area contributed by atoms with Crippen LogP contribution in [0.25, 0.3) is 0 Å². The molecule has 1 aromatic carbocycles. The molecule has 94 valence electrons. The van der Waals surface area contributed by atoms with Crippen molar-refractivity contribution in [3.05, 3.63) is 33.3 Å². The molecule has 0 bridgehead atoms. The summed E-state index contributed by atoms with van der Waals surface area (Å²) >= 11 is 5.97. The molecule has 4 nitrogen and oxygen atoms in total. The molecular weight excluding hydrogens is 240 g/mol. The van der Waals surface area contributed by atoms with Gasteiger partial charge in [0.1, 0.15) is 0 Å². The van der Waals surface area contributed by atoms with E-state index in [-0.39, 0.29) is 5.69 Å². The summed E-state index contributed by atoms with van der Waals surface area (Å²) in [5.41, 5.74) is 0.752. The lowest BCUT2D eigenvalue weighted by Crippen LogP contribution is -2.16. The third kappa shape index (κ3) is 3.89. The first kappa shape index (κ1) is 13.8. The van der Waals surface area contributed by atoms with Crippen molar-refractivity contribution in [3.8, 4) is 0 Å². The highest BCUT2D eigenvalue weighted by atomic mass is 35.5. The summed E-state index contributed by atoms with van der Waals surface area (Å²) in [5.74, 6) is 1.10. The third-order valence-corrected chi connectivity index (χ3v) is 3.23. The molecule has 0 aliphatic carbocycles. The molecule has 1 rings (SSSR count). The van der Waals surface area contributed by atoms with Gasteiger partial charge in [0, 0.05) is 18.7 Å². The molecule has 0 amide bonds. The molecule has 1 N–H and O–H groups in total. The largest absolute Gasteiger partial charge is 0.384 e. The smallest absolute Gasteiger partial charge is 0.271 e. The standard InChI is InChI=1S/C12H17ClN2O2/c1-8(2)9(3)7-14-12-5-4-10(15(16)17)6-11(12)13/h4-6,8-9,14H,7H2,1-3H3. The first-order valence-electron chi connectivity index (χ1n) is 5.59. The zero-order valence-electron chi connectivity index (χ0n) is 10.2. The number of nitrogens with one attached hydrogen (secondary N) is 1. The molecule has 0 saturated heterocycles. The molecule has 0 saturated carbocycles. The second-order valence-electron chi connectivity index (χ2n) is 4.52. The molecule has 5 heteroatoms. The van der Waals surface area contributed by atoms with E-state index in [4.69, 9.17) is 11.6 Å². The van der Waals surface area contributed by atoms with E-state index < -0.39 is 4.92 Å². The van der Waals surface area contributed by atoms with E-state index in [1.807, 2.05) is 0 Å². The summed E-state index contributed by atoms with van der Waals surface area (Å²) in [6.45, 7) is 7.26. The number of hydrogen-bond acceptors (Lipinski definition) is 3. The molecule has 0 heterocycles. The molecule has 0 spiro atoms. The van der Waals surface area contributed by atoms with Gasteiger partial charge in [-0.1, -0.05) is 32.4 Å². The van der Waals surface area contributed by atoms with Crippen molar-refractivity contribution in [1.82, 2.24) is 0 Å². The maximum atomic E-state index is 10.5. The lowest BCUT2D eigenvalue weighted by Gasteiger charge is -2.17. The van der Waals surface area contributed by atoms with Crippen molar-refractivity contribution >= 4 is 23.0 Å². The van der Waals surface area contributed by atoms with Gasteiger partial charge in [-0.25, -0.2) is 0 Å². The normalized spacial score (nSPS) is 12.5. The van der Waals surface area contributed by atoms with Crippen LogP contribution in [0, 0.1) is 22.0 Å². The van der Waals surface area contributed by atoms with Crippen LogP contribution in [0.15, 0.2) is 18.2 Å². The maximum absolute atomic E-state index is 10.5. The topological polar surface area (TPSA) is 55.2 Å². The monoisotopic (exact) mass is 256 g/mol. The fraction of sp³-hybridized carbons (Fsp3) is 0.500. The molecule has 0 aliphatic heterocycles. The minimum atomic E-state index is -0.452. The Morgan fingerprint density at radius 2 is 2.06 bits per heavy atom. The van der Waals surface area contributed by atoms with Gasteiger partial charge < -0.3 is 5.32 Å². The van der Waals surface area contributed by atoms with Gasteiger partial charge in [0.05, 0.1) is 15.6 Å². The van der Waals surface area contributed by atoms with Crippen LogP contribution in [0.4, 0.5) is 11.4 Å². The SMILES string of the molecule is CC(C)C(C)CNc1ccc([N+](=O)[O-])cc1Cl. The van der Waals surface area contributed by atoms with Gasteiger partial charge >= 0.3 is 0 Å². The second kappa shape index (κ2) is 5.87. The van der Waals surface area contributed by atoms with Crippen LogP contribution in [-0.4, -0.2) is 11.5 Å². The molecule has 0 aliphatic rings. The predicted octanol–water partition coefficient (Wildman–Crippen LogP) is 3.95. The fourth-order valence-corrected chi connectivity index (χ4v) is 1.51. The number of hydrogen-bond donors (Lipinski definition) is 1. The zero-order valence-corrected chi connectivity index (χ0v) is 11.0. The van der Waals surface area contributed by atoms with E-state index in [1.54, 1.807) is 6.07 Å². The van der Waals surface area contributed by atoms with Crippen molar-refractivity contribution in [2.45, 2.75) is 20.8 Å². The van der Waals surface area contributed by atoms with E-state index in [0.717, 1.165) is 12.2 Å². The molecule has 1 aromatic rings. The van der Waals surface area contributed by atoms with Gasteiger partial charge in [0.2, 0.25) is 0 Å². The number of nitro benzene ring substituents is 1. The van der Waals surface area contributed by atoms with Gasteiger partial charge in [0.15, 0.2) is 0 Å². The van der Waals surface area contributed by atoms with Crippen molar-refractivity contribution in [1.29, 1.82) is 0 Å². The van der Waals surface area contributed by atoms with Crippen LogP contribution in [0.3, 0.4) is 0 Å². The van der Waals surface area contributed by atoms with Crippen LogP contribution < -0.4 is 5.32 Å². The van der Waals surface area contributed by atoms with Crippen molar-refractivity contribution in [2.75, 3.05) is 11.9 Å². The highest BCUT2D eigenvalue weighted by molar-refractivity contribution is 6.33. The number of halogens is 1. The lowest BCUT2D eigenvalue weighted by molar-refractivity contribution is -0.384. The Labute approximate surface area is 106 Å². The number of rotatable bonds is 5. The Balaban J connectivity index is 2.70. The summed E-state index contributed by atoms with van der Waals surface area (Å²) in [4.78, 5) is 10.1. The van der Waals surface area contributed by atoms with Gasteiger partial charge in [-0.3, -0.25) is 10.1 Å². The first-order chi connectivity index (χ1) is 7.91. The zero-order chi connectivity index (χ0) is 13.0. The highest BCUT2D eigenvalue weighted by Crippen LogP contribution is 2.27. The Morgan fingerprint density at radius 3 is 2.53 bits per heavy atom. The molecule has 1 unspecified atom stereocenters. The van der Waals surface area contributed by atoms with E-state index in [0.29, 0.717) is 16.9 Å². The van der Waals surface area contributed by atoms with E-state index in [2.05, 4.69) is 26.1 Å². The van der Waals surface area contributed by atoms with Crippen molar-refractivity contribution in [2.24, 2.45) is 11.8 Å². The van der Waals surface area contributed by atoms with Crippen LogP contribution in [0.1, 0.15) is 20.8 Å². The van der Waals surface area contributed by atoms with Crippen LogP contribution in [0.2, 0.25) is 5.02 Å². The maximum Gasteiger partial charge on any atom is 0.271 e. The fourth-order valence-electron chi connectivity index (χ4n) is 1.27. The lowest BCUT2D eigenvalue weighted by atomic mass is 9.98. The van der Waals surface area contributed by atoms with Gasteiger partial charge in [-0.05, 0) is 17.9 Å².